The number of hydrogen-bond donors (Lipinski definition) is 0. The molecule has 2 aromatic carbocycles. The Hall–Kier alpha value is -2.88. The largest absolute Gasteiger partial charge is 0.462 e. The maximum absolute atomic E-state index is 11.9. The van der Waals surface area contributed by atoms with Crippen molar-refractivity contribution in [1.29, 1.82) is 0 Å². The summed E-state index contributed by atoms with van der Waals surface area (Å²) in [5.41, 5.74) is 7.32. The molecule has 0 unspecified atom stereocenters. The average molecular weight is 391 g/mol. The fourth-order valence-electron chi connectivity index (χ4n) is 4.03. The molecule has 0 saturated carbocycles. The molecule has 0 radical (unpaired) electrons. The lowest BCUT2D eigenvalue weighted by Crippen LogP contribution is -2.45. The highest BCUT2D eigenvalue weighted by Gasteiger charge is 2.30. The van der Waals surface area contributed by atoms with Gasteiger partial charge in [0.05, 0.1) is 23.4 Å². The third-order valence-electron chi connectivity index (χ3n) is 5.39. The molecule has 29 heavy (non-hydrogen) atoms. The number of fused-ring (bicyclic) bond motifs is 1. The highest BCUT2D eigenvalue weighted by atomic mass is 16.5. The van der Waals surface area contributed by atoms with E-state index in [1.807, 2.05) is 18.3 Å². The zero-order chi connectivity index (χ0) is 21.2. The molecule has 0 atom stereocenters. The van der Waals surface area contributed by atoms with E-state index < -0.39 is 0 Å². The Morgan fingerprint density at radius 3 is 2.62 bits per heavy atom. The van der Waals surface area contributed by atoms with Gasteiger partial charge in [-0.3, -0.25) is 4.99 Å². The molecule has 0 fully saturated rings. The minimum atomic E-state index is -0.322. The van der Waals surface area contributed by atoms with Crippen LogP contribution in [0.2, 0.25) is 0 Å². The standard InChI is InChI=1S/C25H30N2O2/c1-7-27-23-12-17(3)20(14-22(23)18(4)15-25(27,5)6)16-26-21-11-9-10-19(13-21)24(28)29-8-2/h9-16H,7-8H2,1-6H3. The van der Waals surface area contributed by atoms with Gasteiger partial charge in [-0.05, 0) is 88.6 Å². The van der Waals surface area contributed by atoms with Crippen molar-refractivity contribution in [2.24, 2.45) is 4.99 Å². The Labute approximate surface area is 173 Å². The van der Waals surface area contributed by atoms with Crippen LogP contribution >= 0.6 is 0 Å². The molecule has 0 bridgehead atoms. The Bertz CT molecular complexity index is 986. The van der Waals surface area contributed by atoms with Crippen LogP contribution in [-0.2, 0) is 4.74 Å². The molecule has 1 heterocycles. The fraction of sp³-hybridized carbons (Fsp3) is 0.360. The van der Waals surface area contributed by atoms with Crippen molar-refractivity contribution in [2.75, 3.05) is 18.1 Å². The number of carbonyl (C=O) groups is 1. The average Bonchev–Trinajstić information content (AvgIpc) is 2.67. The van der Waals surface area contributed by atoms with Crippen LogP contribution in [-0.4, -0.2) is 30.9 Å². The quantitative estimate of drug-likeness (QED) is 0.468. The summed E-state index contributed by atoms with van der Waals surface area (Å²) in [6.45, 7) is 14.1. The number of allylic oxidation sites excluding steroid dienone is 1. The van der Waals surface area contributed by atoms with Crippen LogP contribution in [0.4, 0.5) is 11.4 Å². The number of benzene rings is 2. The maximum atomic E-state index is 11.9. The topological polar surface area (TPSA) is 41.9 Å². The van der Waals surface area contributed by atoms with Gasteiger partial charge in [-0.1, -0.05) is 12.1 Å². The van der Waals surface area contributed by atoms with E-state index in [-0.39, 0.29) is 11.5 Å². The summed E-state index contributed by atoms with van der Waals surface area (Å²) in [6.07, 6.45) is 4.21. The van der Waals surface area contributed by atoms with Crippen LogP contribution in [0.3, 0.4) is 0 Å². The molecule has 2 aromatic rings. The van der Waals surface area contributed by atoms with E-state index in [4.69, 9.17) is 4.74 Å². The van der Waals surface area contributed by atoms with E-state index >= 15 is 0 Å². The van der Waals surface area contributed by atoms with Crippen LogP contribution < -0.4 is 4.90 Å². The Morgan fingerprint density at radius 1 is 1.17 bits per heavy atom. The SMILES string of the molecule is CCOC(=O)c1cccc(N=Cc2cc3c(cc2C)N(CC)C(C)(C)C=C3C)c1. The molecular weight excluding hydrogens is 360 g/mol. The molecule has 4 nitrogen and oxygen atoms in total. The summed E-state index contributed by atoms with van der Waals surface area (Å²) < 4.78 is 5.07. The second-order valence-corrected chi connectivity index (χ2v) is 7.98. The van der Waals surface area contributed by atoms with Gasteiger partial charge >= 0.3 is 5.97 Å². The molecule has 1 aliphatic rings. The van der Waals surface area contributed by atoms with Crippen molar-refractivity contribution in [2.45, 2.75) is 47.1 Å². The monoisotopic (exact) mass is 390 g/mol. The molecule has 0 aromatic heterocycles. The first-order valence-electron chi connectivity index (χ1n) is 10.2. The van der Waals surface area contributed by atoms with Gasteiger partial charge in [-0.25, -0.2) is 4.79 Å². The lowest BCUT2D eigenvalue weighted by atomic mass is 9.87. The van der Waals surface area contributed by atoms with Crippen molar-refractivity contribution in [3.05, 3.63) is 64.7 Å². The first-order valence-corrected chi connectivity index (χ1v) is 10.2. The summed E-state index contributed by atoms with van der Waals surface area (Å²) in [4.78, 5) is 19.0. The highest BCUT2D eigenvalue weighted by molar-refractivity contribution is 5.92. The van der Waals surface area contributed by atoms with E-state index in [0.717, 1.165) is 17.8 Å². The molecule has 0 amide bonds. The van der Waals surface area contributed by atoms with Crippen molar-refractivity contribution in [3.8, 4) is 0 Å². The number of aliphatic imine (C=N–C) groups is 1. The van der Waals surface area contributed by atoms with Crippen molar-refractivity contribution in [1.82, 2.24) is 0 Å². The summed E-state index contributed by atoms with van der Waals surface area (Å²) in [7, 11) is 0. The predicted molar refractivity (Wildman–Crippen MR) is 122 cm³/mol. The number of hydrogen-bond acceptors (Lipinski definition) is 4. The van der Waals surface area contributed by atoms with Gasteiger partial charge in [0, 0.05) is 24.0 Å². The summed E-state index contributed by atoms with van der Waals surface area (Å²) in [6, 6.07) is 11.7. The second kappa shape index (κ2) is 8.24. The number of ether oxygens (including phenoxy) is 1. The van der Waals surface area contributed by atoms with Gasteiger partial charge < -0.3 is 9.64 Å². The minimum absolute atomic E-state index is 0.00141. The molecule has 1 aliphatic heterocycles. The van der Waals surface area contributed by atoms with E-state index in [1.165, 1.54) is 22.4 Å². The number of likely N-dealkylation sites (N-methyl/N-ethyl adjacent to an activating group) is 1. The molecule has 0 aliphatic carbocycles. The fourth-order valence-corrected chi connectivity index (χ4v) is 4.03. The zero-order valence-corrected chi connectivity index (χ0v) is 18.2. The summed E-state index contributed by atoms with van der Waals surface area (Å²) in [5.74, 6) is -0.322. The van der Waals surface area contributed by atoms with E-state index in [2.05, 4.69) is 62.7 Å². The van der Waals surface area contributed by atoms with Crippen LogP contribution in [0, 0.1) is 6.92 Å². The zero-order valence-electron chi connectivity index (χ0n) is 18.2. The normalized spacial score (nSPS) is 15.2. The second-order valence-electron chi connectivity index (χ2n) is 7.98. The van der Waals surface area contributed by atoms with Crippen LogP contribution in [0.1, 0.15) is 61.7 Å². The Kier molecular flexibility index (Phi) is 5.92. The third kappa shape index (κ3) is 4.26. The molecule has 0 saturated heterocycles. The number of anilines is 1. The smallest absolute Gasteiger partial charge is 0.338 e. The molecular formula is C25H30N2O2. The summed E-state index contributed by atoms with van der Waals surface area (Å²) in [5, 5.41) is 0. The van der Waals surface area contributed by atoms with E-state index in [0.29, 0.717) is 12.2 Å². The lowest BCUT2D eigenvalue weighted by molar-refractivity contribution is 0.0526. The molecule has 3 rings (SSSR count). The van der Waals surface area contributed by atoms with Gasteiger partial charge in [0.25, 0.3) is 0 Å². The number of nitrogens with zero attached hydrogens (tertiary/aromatic N) is 2. The molecule has 152 valence electrons. The first kappa shape index (κ1) is 20.8. The van der Waals surface area contributed by atoms with Gasteiger partial charge in [0.2, 0.25) is 0 Å². The van der Waals surface area contributed by atoms with Gasteiger partial charge in [0.15, 0.2) is 0 Å². The van der Waals surface area contributed by atoms with Gasteiger partial charge in [-0.15, -0.1) is 0 Å². The molecule has 0 spiro atoms. The predicted octanol–water partition coefficient (Wildman–Crippen LogP) is 5.94. The van der Waals surface area contributed by atoms with E-state index in [9.17, 15) is 4.79 Å². The highest BCUT2D eigenvalue weighted by Crippen LogP contribution is 2.39. The van der Waals surface area contributed by atoms with Crippen molar-refractivity contribution >= 4 is 29.1 Å². The van der Waals surface area contributed by atoms with Gasteiger partial charge in [-0.2, -0.15) is 0 Å². The van der Waals surface area contributed by atoms with E-state index in [1.54, 1.807) is 19.1 Å². The maximum Gasteiger partial charge on any atom is 0.338 e. The van der Waals surface area contributed by atoms with Crippen molar-refractivity contribution in [3.63, 3.8) is 0 Å². The third-order valence-corrected chi connectivity index (χ3v) is 5.39. The van der Waals surface area contributed by atoms with Crippen LogP contribution in [0.25, 0.3) is 5.57 Å². The number of carbonyl (C=O) groups excluding carboxylic acids is 1. The summed E-state index contributed by atoms with van der Waals surface area (Å²) >= 11 is 0. The lowest BCUT2D eigenvalue weighted by Gasteiger charge is -2.43. The van der Waals surface area contributed by atoms with Crippen molar-refractivity contribution < 1.29 is 9.53 Å². The van der Waals surface area contributed by atoms with Crippen LogP contribution in [0.5, 0.6) is 0 Å². The number of rotatable bonds is 5. The number of esters is 1. The molecule has 0 N–H and O–H groups in total. The Morgan fingerprint density at radius 2 is 1.93 bits per heavy atom. The Balaban J connectivity index is 1.95. The molecule has 4 heteroatoms. The number of aryl methyl sites for hydroxylation is 1. The minimum Gasteiger partial charge on any atom is -0.462 e. The van der Waals surface area contributed by atoms with Crippen LogP contribution in [0.15, 0.2) is 47.5 Å². The van der Waals surface area contributed by atoms with Gasteiger partial charge in [0.1, 0.15) is 0 Å². The first-order chi connectivity index (χ1) is 13.8.